The summed E-state index contributed by atoms with van der Waals surface area (Å²) in [5.41, 5.74) is 1.69. The third-order valence-corrected chi connectivity index (χ3v) is 2.80. The number of benzene rings is 2. The molecule has 0 unspecified atom stereocenters. The van der Waals surface area contributed by atoms with E-state index in [-0.39, 0.29) is 0 Å². The van der Waals surface area contributed by atoms with Crippen molar-refractivity contribution in [3.8, 4) is 17.6 Å². The molecule has 0 aromatic heterocycles. The molecule has 0 N–H and O–H groups in total. The van der Waals surface area contributed by atoms with Gasteiger partial charge in [0.25, 0.3) is 0 Å². The quantitative estimate of drug-likeness (QED) is 0.819. The average molecular weight is 288 g/mol. The fraction of sp³-hybridized carbons (Fsp3) is 0.0714. The highest BCUT2D eigenvalue weighted by atomic mass is 79.9. The van der Waals surface area contributed by atoms with E-state index in [1.54, 1.807) is 12.1 Å². The normalized spacial score (nSPS) is 9.71. The van der Waals surface area contributed by atoms with Crippen LogP contribution in [0.3, 0.4) is 0 Å². The molecule has 2 nitrogen and oxygen atoms in total. The topological polar surface area (TPSA) is 33.0 Å². The molecule has 17 heavy (non-hydrogen) atoms. The molecule has 0 saturated carbocycles. The molecule has 0 saturated heterocycles. The third-order valence-electron chi connectivity index (χ3n) is 2.31. The summed E-state index contributed by atoms with van der Waals surface area (Å²) in [5.74, 6) is 1.30. The van der Waals surface area contributed by atoms with Gasteiger partial charge in [0.05, 0.1) is 5.56 Å². The number of hydrogen-bond acceptors (Lipinski definition) is 2. The van der Waals surface area contributed by atoms with Gasteiger partial charge in [-0.25, -0.2) is 0 Å². The van der Waals surface area contributed by atoms with Gasteiger partial charge >= 0.3 is 0 Å². The maximum absolute atomic E-state index is 9.01. The maximum Gasteiger partial charge on any atom is 0.145 e. The molecule has 0 aliphatic rings. The van der Waals surface area contributed by atoms with Crippen LogP contribution >= 0.6 is 15.9 Å². The zero-order valence-electron chi connectivity index (χ0n) is 9.27. The van der Waals surface area contributed by atoms with Crippen LogP contribution in [0.5, 0.6) is 11.5 Å². The molecule has 0 bridgehead atoms. The van der Waals surface area contributed by atoms with E-state index in [9.17, 15) is 0 Å². The first kappa shape index (κ1) is 11.7. The molecule has 0 heterocycles. The largest absolute Gasteiger partial charge is 0.456 e. The van der Waals surface area contributed by atoms with Crippen LogP contribution in [0.25, 0.3) is 0 Å². The van der Waals surface area contributed by atoms with Gasteiger partial charge in [-0.15, -0.1) is 0 Å². The molecular formula is C14H10BrNO. The molecule has 0 spiro atoms. The number of rotatable bonds is 2. The first-order valence-electron chi connectivity index (χ1n) is 5.13. The zero-order chi connectivity index (χ0) is 12.3. The lowest BCUT2D eigenvalue weighted by Crippen LogP contribution is -1.88. The molecule has 0 amide bonds. The second kappa shape index (κ2) is 5.03. The number of halogens is 1. The summed E-state index contributed by atoms with van der Waals surface area (Å²) in [4.78, 5) is 0. The van der Waals surface area contributed by atoms with Gasteiger partial charge in [0, 0.05) is 4.47 Å². The summed E-state index contributed by atoms with van der Waals surface area (Å²) in [6.45, 7) is 2.02. The molecule has 0 radical (unpaired) electrons. The Labute approximate surface area is 109 Å². The summed E-state index contributed by atoms with van der Waals surface area (Å²) in [6.07, 6.45) is 0. The fourth-order valence-corrected chi connectivity index (χ4v) is 1.77. The maximum atomic E-state index is 9.01. The van der Waals surface area contributed by atoms with E-state index < -0.39 is 0 Å². The Morgan fingerprint density at radius 3 is 2.47 bits per heavy atom. The summed E-state index contributed by atoms with van der Waals surface area (Å²) in [7, 11) is 0. The Kier molecular flexibility index (Phi) is 3.46. The van der Waals surface area contributed by atoms with Gasteiger partial charge in [0.15, 0.2) is 0 Å². The van der Waals surface area contributed by atoms with E-state index >= 15 is 0 Å². The Morgan fingerprint density at radius 1 is 1.12 bits per heavy atom. The minimum atomic E-state index is 0.514. The molecule has 3 heteroatoms. The Morgan fingerprint density at radius 2 is 1.82 bits per heavy atom. The number of nitrogens with zero attached hydrogens (tertiary/aromatic N) is 1. The van der Waals surface area contributed by atoms with Crippen molar-refractivity contribution in [1.29, 1.82) is 5.26 Å². The molecule has 2 rings (SSSR count). The first-order valence-corrected chi connectivity index (χ1v) is 5.92. The van der Waals surface area contributed by atoms with Crippen LogP contribution in [-0.2, 0) is 0 Å². The van der Waals surface area contributed by atoms with Crippen molar-refractivity contribution in [2.75, 3.05) is 0 Å². The van der Waals surface area contributed by atoms with Crippen molar-refractivity contribution >= 4 is 15.9 Å². The summed E-state index contributed by atoms with van der Waals surface area (Å²) >= 11 is 3.33. The van der Waals surface area contributed by atoms with Crippen molar-refractivity contribution in [2.24, 2.45) is 0 Å². The van der Waals surface area contributed by atoms with Crippen LogP contribution in [0.1, 0.15) is 11.1 Å². The second-order valence-corrected chi connectivity index (χ2v) is 4.58. The van der Waals surface area contributed by atoms with Gasteiger partial charge < -0.3 is 4.74 Å². The number of aryl methyl sites for hydroxylation is 1. The number of ether oxygens (including phenoxy) is 1. The predicted octanol–water partition coefficient (Wildman–Crippen LogP) is 4.42. The average Bonchev–Trinajstić information content (AvgIpc) is 2.34. The van der Waals surface area contributed by atoms with Gasteiger partial charge in [-0.1, -0.05) is 33.6 Å². The monoisotopic (exact) mass is 287 g/mol. The molecule has 84 valence electrons. The van der Waals surface area contributed by atoms with E-state index in [0.29, 0.717) is 11.3 Å². The highest BCUT2D eigenvalue weighted by Gasteiger charge is 2.05. The van der Waals surface area contributed by atoms with Crippen LogP contribution in [0, 0.1) is 18.3 Å². The van der Waals surface area contributed by atoms with Crippen LogP contribution in [0.2, 0.25) is 0 Å². The second-order valence-electron chi connectivity index (χ2n) is 3.67. The zero-order valence-corrected chi connectivity index (χ0v) is 10.9. The Balaban J connectivity index is 2.30. The van der Waals surface area contributed by atoms with Crippen LogP contribution < -0.4 is 4.74 Å². The minimum Gasteiger partial charge on any atom is -0.456 e. The van der Waals surface area contributed by atoms with Crippen molar-refractivity contribution in [2.45, 2.75) is 6.92 Å². The van der Waals surface area contributed by atoms with Crippen molar-refractivity contribution < 1.29 is 4.74 Å². The van der Waals surface area contributed by atoms with Crippen molar-refractivity contribution in [3.63, 3.8) is 0 Å². The highest BCUT2D eigenvalue weighted by Crippen LogP contribution is 2.27. The summed E-state index contributed by atoms with van der Waals surface area (Å²) < 4.78 is 6.53. The Bertz CT molecular complexity index is 570. The molecule has 0 aliphatic heterocycles. The van der Waals surface area contributed by atoms with Gasteiger partial charge in [0.1, 0.15) is 17.6 Å². The smallest absolute Gasteiger partial charge is 0.145 e. The van der Waals surface area contributed by atoms with Crippen LogP contribution in [0.15, 0.2) is 46.9 Å². The highest BCUT2D eigenvalue weighted by molar-refractivity contribution is 9.10. The number of nitriles is 1. The summed E-state index contributed by atoms with van der Waals surface area (Å²) in [6, 6.07) is 15.2. The van der Waals surface area contributed by atoms with Crippen LogP contribution in [-0.4, -0.2) is 0 Å². The predicted molar refractivity (Wildman–Crippen MR) is 70.1 cm³/mol. The molecule has 2 aromatic carbocycles. The van der Waals surface area contributed by atoms with E-state index in [1.165, 1.54) is 5.56 Å². The minimum absolute atomic E-state index is 0.514. The van der Waals surface area contributed by atoms with Gasteiger partial charge in [0.2, 0.25) is 0 Å². The van der Waals surface area contributed by atoms with Crippen LogP contribution in [0.4, 0.5) is 0 Å². The van der Waals surface area contributed by atoms with Crippen molar-refractivity contribution in [1.82, 2.24) is 0 Å². The lowest BCUT2D eigenvalue weighted by Gasteiger charge is -2.07. The first-order chi connectivity index (χ1) is 8.19. The number of hydrogen-bond donors (Lipinski definition) is 0. The van der Waals surface area contributed by atoms with Gasteiger partial charge in [-0.3, -0.25) is 0 Å². The Hall–Kier alpha value is -1.79. The fourth-order valence-electron chi connectivity index (χ4n) is 1.41. The lowest BCUT2D eigenvalue weighted by molar-refractivity contribution is 0.481. The summed E-state index contributed by atoms with van der Waals surface area (Å²) in [5, 5.41) is 9.01. The van der Waals surface area contributed by atoms with Gasteiger partial charge in [-0.05, 0) is 37.3 Å². The molecule has 0 atom stereocenters. The molecular weight excluding hydrogens is 278 g/mol. The van der Waals surface area contributed by atoms with E-state index in [1.807, 2.05) is 37.3 Å². The SMILES string of the molecule is Cc1ccc(Oc2ccc(Br)cc2C#N)cc1. The molecule has 0 aliphatic carbocycles. The third kappa shape index (κ3) is 2.86. The standard InChI is InChI=1S/C14H10BrNO/c1-10-2-5-13(6-3-10)17-14-7-4-12(15)8-11(14)9-16/h2-8H,1H3. The van der Waals surface area contributed by atoms with E-state index in [0.717, 1.165) is 10.2 Å². The lowest BCUT2D eigenvalue weighted by atomic mass is 10.2. The van der Waals surface area contributed by atoms with Crippen molar-refractivity contribution in [3.05, 3.63) is 58.1 Å². The molecule has 2 aromatic rings. The molecule has 0 fully saturated rings. The van der Waals surface area contributed by atoms with E-state index in [2.05, 4.69) is 22.0 Å². The van der Waals surface area contributed by atoms with Gasteiger partial charge in [-0.2, -0.15) is 5.26 Å². The van der Waals surface area contributed by atoms with E-state index in [4.69, 9.17) is 10.00 Å².